The Hall–Kier alpha value is -3.64. The van der Waals surface area contributed by atoms with Gasteiger partial charge in [0.2, 0.25) is 11.8 Å². The number of carbonyl (C=O) groups excluding carboxylic acids is 2. The predicted octanol–water partition coefficient (Wildman–Crippen LogP) is 5.64. The number of anilines is 1. The van der Waals surface area contributed by atoms with E-state index in [0.29, 0.717) is 29.4 Å². The van der Waals surface area contributed by atoms with Crippen molar-refractivity contribution in [3.05, 3.63) is 94.8 Å². The summed E-state index contributed by atoms with van der Waals surface area (Å²) in [5.41, 5.74) is -1.73. The summed E-state index contributed by atoms with van der Waals surface area (Å²) >= 11 is 6.21. The molecule has 1 N–H and O–H groups in total. The summed E-state index contributed by atoms with van der Waals surface area (Å²) in [4.78, 5) is 27.3. The van der Waals surface area contributed by atoms with Gasteiger partial charge in [-0.3, -0.25) is 13.9 Å². The highest BCUT2D eigenvalue weighted by Crippen LogP contribution is 2.37. The van der Waals surface area contributed by atoms with E-state index in [-0.39, 0.29) is 15.5 Å². The van der Waals surface area contributed by atoms with Crippen molar-refractivity contribution >= 4 is 39.1 Å². The molecule has 0 bridgehead atoms. The van der Waals surface area contributed by atoms with E-state index in [4.69, 9.17) is 11.6 Å². The Morgan fingerprint density at radius 1 is 1.00 bits per heavy atom. The number of nitrogens with one attached hydrogen (secondary N) is 1. The van der Waals surface area contributed by atoms with Crippen LogP contribution in [0.2, 0.25) is 5.02 Å². The zero-order valence-electron chi connectivity index (χ0n) is 22.2. The van der Waals surface area contributed by atoms with E-state index in [2.05, 4.69) is 5.32 Å². The number of halogens is 5. The van der Waals surface area contributed by atoms with Crippen molar-refractivity contribution < 1.29 is 35.6 Å². The van der Waals surface area contributed by atoms with E-state index >= 15 is 0 Å². The Balaban J connectivity index is 2.12. The highest BCUT2D eigenvalue weighted by Gasteiger charge is 2.36. The van der Waals surface area contributed by atoms with E-state index < -0.39 is 64.2 Å². The molecule has 7 nitrogen and oxygen atoms in total. The number of rotatable bonds is 11. The molecule has 0 saturated carbocycles. The van der Waals surface area contributed by atoms with Crippen LogP contribution in [0.4, 0.5) is 23.2 Å². The smallest absolute Gasteiger partial charge is 0.354 e. The molecule has 0 spiro atoms. The topological polar surface area (TPSA) is 86.8 Å². The van der Waals surface area contributed by atoms with Gasteiger partial charge in [-0.05, 0) is 49.7 Å². The molecule has 2 amide bonds. The fraction of sp³-hybridized carbons (Fsp3) is 0.286. The molecule has 0 aliphatic carbocycles. The summed E-state index contributed by atoms with van der Waals surface area (Å²) < 4.78 is 83.3. The van der Waals surface area contributed by atoms with Gasteiger partial charge in [0.05, 0.1) is 21.2 Å². The fourth-order valence-electron chi connectivity index (χ4n) is 3.90. The Morgan fingerprint density at radius 2 is 1.63 bits per heavy atom. The van der Waals surface area contributed by atoms with Crippen LogP contribution in [0.3, 0.4) is 0 Å². The van der Waals surface area contributed by atoms with Crippen molar-refractivity contribution in [2.45, 2.75) is 43.9 Å². The Labute approximate surface area is 240 Å². The van der Waals surface area contributed by atoms with Crippen LogP contribution in [0.25, 0.3) is 0 Å². The van der Waals surface area contributed by atoms with Crippen LogP contribution in [0.1, 0.15) is 31.4 Å². The molecule has 0 radical (unpaired) electrons. The van der Waals surface area contributed by atoms with Crippen LogP contribution in [0.15, 0.2) is 77.7 Å². The maximum absolute atomic E-state index is 14.6. The molecule has 0 heterocycles. The minimum absolute atomic E-state index is 0.0468. The van der Waals surface area contributed by atoms with Gasteiger partial charge in [-0.25, -0.2) is 12.8 Å². The molecule has 3 aromatic carbocycles. The third-order valence-electron chi connectivity index (χ3n) is 6.17. The van der Waals surface area contributed by atoms with Crippen molar-refractivity contribution in [3.8, 4) is 0 Å². The summed E-state index contributed by atoms with van der Waals surface area (Å²) in [5, 5.41) is 2.28. The lowest BCUT2D eigenvalue weighted by Crippen LogP contribution is -2.51. The number of alkyl halides is 3. The first-order valence-corrected chi connectivity index (χ1v) is 14.3. The van der Waals surface area contributed by atoms with E-state index in [0.717, 1.165) is 17.0 Å². The molecule has 3 aromatic rings. The molecule has 1 atom stereocenters. The molecule has 0 saturated heterocycles. The molecular weight excluding hydrogens is 586 g/mol. The van der Waals surface area contributed by atoms with Crippen molar-refractivity contribution in [3.63, 3.8) is 0 Å². The Morgan fingerprint density at radius 3 is 2.24 bits per heavy atom. The summed E-state index contributed by atoms with van der Waals surface area (Å²) in [5.74, 6) is -2.22. The second-order valence-corrected chi connectivity index (χ2v) is 11.3. The summed E-state index contributed by atoms with van der Waals surface area (Å²) in [6, 6.07) is 13.2. The van der Waals surface area contributed by atoms with E-state index in [1.54, 1.807) is 6.07 Å². The maximum Gasteiger partial charge on any atom is 0.416 e. The minimum atomic E-state index is -4.84. The summed E-state index contributed by atoms with van der Waals surface area (Å²) in [6.45, 7) is 2.05. The van der Waals surface area contributed by atoms with Gasteiger partial charge in [0.25, 0.3) is 10.0 Å². The first-order valence-electron chi connectivity index (χ1n) is 12.5. The van der Waals surface area contributed by atoms with Gasteiger partial charge in [0.15, 0.2) is 0 Å². The van der Waals surface area contributed by atoms with Gasteiger partial charge < -0.3 is 10.2 Å². The quantitative estimate of drug-likeness (QED) is 0.284. The second kappa shape index (κ2) is 13.3. The third kappa shape index (κ3) is 7.76. The largest absolute Gasteiger partial charge is 0.416 e. The molecule has 13 heteroatoms. The summed E-state index contributed by atoms with van der Waals surface area (Å²) in [6.07, 6.45) is -4.24. The second-order valence-electron chi connectivity index (χ2n) is 9.07. The van der Waals surface area contributed by atoms with Gasteiger partial charge in [-0.2, -0.15) is 13.2 Å². The highest BCUT2D eigenvalue weighted by atomic mass is 35.5. The van der Waals surface area contributed by atoms with Gasteiger partial charge >= 0.3 is 6.18 Å². The molecule has 0 aromatic heterocycles. The Bertz CT molecular complexity index is 1490. The first kappa shape index (κ1) is 31.9. The lowest BCUT2D eigenvalue weighted by Gasteiger charge is -2.32. The average Bonchev–Trinajstić information content (AvgIpc) is 2.94. The number of hydrogen-bond donors (Lipinski definition) is 1. The molecule has 3 rings (SSSR count). The highest BCUT2D eigenvalue weighted by molar-refractivity contribution is 7.92. The summed E-state index contributed by atoms with van der Waals surface area (Å²) in [7, 11) is -4.65. The molecule has 0 aliphatic rings. The molecule has 0 fully saturated rings. The van der Waals surface area contributed by atoms with Gasteiger partial charge in [0.1, 0.15) is 18.4 Å². The van der Waals surface area contributed by atoms with Crippen LogP contribution in [-0.2, 0) is 32.3 Å². The predicted molar refractivity (Wildman–Crippen MR) is 147 cm³/mol. The van der Waals surface area contributed by atoms with Gasteiger partial charge in [0, 0.05) is 18.7 Å². The first-order chi connectivity index (χ1) is 19.3. The third-order valence-corrected chi connectivity index (χ3v) is 8.26. The number of amides is 2. The molecule has 220 valence electrons. The van der Waals surface area contributed by atoms with Crippen LogP contribution in [-0.4, -0.2) is 44.3 Å². The average molecular weight is 614 g/mol. The number of hydrogen-bond acceptors (Lipinski definition) is 4. The maximum atomic E-state index is 14.6. The van der Waals surface area contributed by atoms with Crippen LogP contribution >= 0.6 is 11.6 Å². The Kier molecular flexibility index (Phi) is 10.4. The normalized spacial score (nSPS) is 12.5. The van der Waals surface area contributed by atoms with E-state index in [9.17, 15) is 35.6 Å². The van der Waals surface area contributed by atoms with Crippen LogP contribution in [0.5, 0.6) is 0 Å². The fourth-order valence-corrected chi connectivity index (χ4v) is 5.62. The number of nitrogens with zero attached hydrogens (tertiary/aromatic N) is 2. The number of benzene rings is 3. The van der Waals surface area contributed by atoms with Gasteiger partial charge in [-0.15, -0.1) is 0 Å². The number of sulfonamides is 1. The zero-order valence-corrected chi connectivity index (χ0v) is 23.7. The lowest BCUT2D eigenvalue weighted by molar-refractivity contribution is -0.139. The van der Waals surface area contributed by atoms with Crippen molar-refractivity contribution in [2.24, 2.45) is 0 Å². The number of carbonyl (C=O) groups is 2. The van der Waals surface area contributed by atoms with E-state index in [1.807, 2.05) is 6.92 Å². The van der Waals surface area contributed by atoms with Crippen LogP contribution < -0.4 is 9.62 Å². The monoisotopic (exact) mass is 613 g/mol. The molecule has 0 unspecified atom stereocenters. The minimum Gasteiger partial charge on any atom is -0.354 e. The molecule has 41 heavy (non-hydrogen) atoms. The van der Waals surface area contributed by atoms with Crippen LogP contribution in [0, 0.1) is 5.82 Å². The van der Waals surface area contributed by atoms with E-state index in [1.165, 1.54) is 49.4 Å². The van der Waals surface area contributed by atoms with Gasteiger partial charge in [-0.1, -0.05) is 54.9 Å². The molecule has 0 aliphatic heterocycles. The van der Waals surface area contributed by atoms with Crippen molar-refractivity contribution in [1.82, 2.24) is 10.2 Å². The standard InChI is InChI=1S/C28H28ClF4N3O4S/c1-3-15-34-27(38)19(2)35(17-20-9-7-8-12-24(20)30)26(37)18-36(41(39,40)22-10-5-4-6-11-22)25-16-21(28(31,32)33)13-14-23(25)29/h4-14,16,19H,3,15,17-18H2,1-2H3,(H,34,38)/t19-/m0/s1. The zero-order chi connectivity index (χ0) is 30.4. The van der Waals surface area contributed by atoms with Crippen molar-refractivity contribution in [1.29, 1.82) is 0 Å². The SMILES string of the molecule is CCCNC(=O)[C@H](C)N(Cc1ccccc1F)C(=O)CN(c1cc(C(F)(F)F)ccc1Cl)S(=O)(=O)c1ccccc1. The lowest BCUT2D eigenvalue weighted by atomic mass is 10.1. The van der Waals surface area contributed by atoms with Crippen molar-refractivity contribution in [2.75, 3.05) is 17.4 Å². The molecular formula is C28H28ClF4N3O4S.